The van der Waals surface area contributed by atoms with E-state index in [1.54, 1.807) is 6.92 Å². The number of carbonyl (C=O) groups excluding carboxylic acids is 1. The summed E-state index contributed by atoms with van der Waals surface area (Å²) < 4.78 is 9.75. The normalized spacial score (nSPS) is 11.6. The van der Waals surface area contributed by atoms with E-state index in [-0.39, 0.29) is 12.4 Å². The number of rotatable bonds is 5. The molecule has 0 unspecified atom stereocenters. The summed E-state index contributed by atoms with van der Waals surface area (Å²) in [5, 5.41) is 1.40. The van der Waals surface area contributed by atoms with Gasteiger partial charge < -0.3 is 9.30 Å². The molecule has 5 aromatic rings. The highest BCUT2D eigenvalue weighted by Crippen LogP contribution is 2.34. The van der Waals surface area contributed by atoms with Crippen molar-refractivity contribution in [3.63, 3.8) is 0 Å². The Hall–Kier alpha value is -3.38. The fraction of sp³-hybridized carbons (Fsp3) is 0.208. The van der Waals surface area contributed by atoms with Crippen LogP contribution in [0.5, 0.6) is 5.75 Å². The lowest BCUT2D eigenvalue weighted by molar-refractivity contribution is -0.133. The number of hydrogen-bond donors (Lipinski definition) is 0. The van der Waals surface area contributed by atoms with Crippen LogP contribution in [-0.4, -0.2) is 24.9 Å². The van der Waals surface area contributed by atoms with Gasteiger partial charge in [0.15, 0.2) is 11.4 Å². The molecule has 0 aliphatic heterocycles. The van der Waals surface area contributed by atoms with Crippen molar-refractivity contribution in [2.75, 3.05) is 0 Å². The van der Waals surface area contributed by atoms with Crippen molar-refractivity contribution in [3.05, 3.63) is 71.1 Å². The third kappa shape index (κ3) is 3.24. The Morgan fingerprint density at radius 1 is 1.03 bits per heavy atom. The van der Waals surface area contributed by atoms with E-state index in [9.17, 15) is 4.79 Å². The van der Waals surface area contributed by atoms with E-state index in [2.05, 4.69) is 11.3 Å². The summed E-state index contributed by atoms with van der Waals surface area (Å²) in [6.45, 7) is 4.35. The molecule has 0 bridgehead atoms. The number of nitrogens with zero attached hydrogens (tertiary/aromatic N) is 4. The number of imidazole rings is 1. The molecule has 0 atom stereocenters. The van der Waals surface area contributed by atoms with Gasteiger partial charge >= 0.3 is 5.97 Å². The van der Waals surface area contributed by atoms with E-state index in [0.717, 1.165) is 45.5 Å². The average Bonchev–Trinajstić information content (AvgIpc) is 3.33. The quantitative estimate of drug-likeness (QED) is 0.348. The van der Waals surface area contributed by atoms with E-state index < -0.39 is 0 Å². The van der Waals surface area contributed by atoms with Gasteiger partial charge in [0.05, 0.1) is 17.6 Å². The Morgan fingerprint density at radius 3 is 2.58 bits per heavy atom. The standard InChI is InChI=1S/C24H21ClN4O2/c1-3-20-27-23-22(24-26-17-11-7-8-12-18(17)29(20)24)19(31-21(30)4-2)14-28(23)13-15-9-5-6-10-16(15)25/h5-12,14H,3-4,13H2,1-2H3. The van der Waals surface area contributed by atoms with Gasteiger partial charge in [-0.3, -0.25) is 9.20 Å². The number of hydrogen-bond acceptors (Lipinski definition) is 4. The summed E-state index contributed by atoms with van der Waals surface area (Å²) >= 11 is 6.41. The zero-order valence-corrected chi connectivity index (χ0v) is 18.1. The van der Waals surface area contributed by atoms with Gasteiger partial charge in [0.2, 0.25) is 0 Å². The number of aryl methyl sites for hydroxylation is 1. The van der Waals surface area contributed by atoms with E-state index in [4.69, 9.17) is 26.3 Å². The number of ether oxygens (including phenoxy) is 1. The maximum absolute atomic E-state index is 12.2. The van der Waals surface area contributed by atoms with Crippen LogP contribution in [0.15, 0.2) is 54.7 Å². The Labute approximate surface area is 184 Å². The first-order valence-electron chi connectivity index (χ1n) is 10.3. The van der Waals surface area contributed by atoms with Crippen LogP contribution in [0.25, 0.3) is 27.7 Å². The van der Waals surface area contributed by atoms with Crippen LogP contribution in [0.4, 0.5) is 0 Å². The predicted octanol–water partition coefficient (Wildman–Crippen LogP) is 5.42. The van der Waals surface area contributed by atoms with Crippen molar-refractivity contribution < 1.29 is 9.53 Å². The second kappa shape index (κ2) is 7.71. The van der Waals surface area contributed by atoms with Crippen LogP contribution in [0.2, 0.25) is 5.02 Å². The first kappa shape index (κ1) is 19.6. The Bertz CT molecular complexity index is 1450. The third-order valence-electron chi connectivity index (χ3n) is 5.42. The van der Waals surface area contributed by atoms with Crippen molar-refractivity contribution in [1.82, 2.24) is 18.9 Å². The molecule has 2 aromatic carbocycles. The van der Waals surface area contributed by atoms with Gasteiger partial charge in [-0.1, -0.05) is 55.8 Å². The highest BCUT2D eigenvalue weighted by molar-refractivity contribution is 6.31. The van der Waals surface area contributed by atoms with Crippen LogP contribution >= 0.6 is 11.6 Å². The van der Waals surface area contributed by atoms with E-state index >= 15 is 0 Å². The summed E-state index contributed by atoms with van der Waals surface area (Å²) in [6, 6.07) is 15.7. The molecule has 31 heavy (non-hydrogen) atoms. The number of fused-ring (bicyclic) bond motifs is 5. The third-order valence-corrected chi connectivity index (χ3v) is 5.79. The number of carbonyl (C=O) groups is 1. The lowest BCUT2D eigenvalue weighted by Gasteiger charge is -2.09. The van der Waals surface area contributed by atoms with Crippen LogP contribution in [0.3, 0.4) is 0 Å². The molecule has 0 aliphatic rings. The zero-order chi connectivity index (χ0) is 21.5. The number of benzene rings is 2. The summed E-state index contributed by atoms with van der Waals surface area (Å²) in [6.07, 6.45) is 2.84. The molecule has 0 spiro atoms. The van der Waals surface area contributed by atoms with E-state index in [1.165, 1.54) is 0 Å². The summed E-state index contributed by atoms with van der Waals surface area (Å²) in [5.41, 5.74) is 4.27. The molecule has 0 saturated heterocycles. The van der Waals surface area contributed by atoms with Crippen molar-refractivity contribution >= 4 is 45.3 Å². The fourth-order valence-electron chi connectivity index (χ4n) is 3.92. The first-order chi connectivity index (χ1) is 15.1. The number of esters is 1. The minimum Gasteiger partial charge on any atom is -0.424 e. The molecule has 0 saturated carbocycles. The molecular formula is C24H21ClN4O2. The van der Waals surface area contributed by atoms with Crippen LogP contribution in [0.1, 0.15) is 31.7 Å². The number of halogens is 1. The molecule has 3 aromatic heterocycles. The molecule has 5 rings (SSSR count). The monoisotopic (exact) mass is 432 g/mol. The highest BCUT2D eigenvalue weighted by Gasteiger charge is 2.22. The second-order valence-corrected chi connectivity index (χ2v) is 7.79. The van der Waals surface area contributed by atoms with Gasteiger partial charge in [0.25, 0.3) is 0 Å². The molecule has 0 radical (unpaired) electrons. The van der Waals surface area contributed by atoms with Crippen LogP contribution < -0.4 is 4.74 Å². The predicted molar refractivity (Wildman–Crippen MR) is 122 cm³/mol. The molecule has 156 valence electrons. The van der Waals surface area contributed by atoms with Crippen molar-refractivity contribution in [3.8, 4) is 5.75 Å². The van der Waals surface area contributed by atoms with E-state index in [0.29, 0.717) is 17.3 Å². The molecule has 6 nitrogen and oxygen atoms in total. The first-order valence-corrected chi connectivity index (χ1v) is 10.7. The second-order valence-electron chi connectivity index (χ2n) is 7.38. The molecule has 3 heterocycles. The van der Waals surface area contributed by atoms with Gasteiger partial charge in [-0.05, 0) is 23.8 Å². The minimum atomic E-state index is -0.300. The maximum atomic E-state index is 12.2. The Kier molecular flexibility index (Phi) is 4.87. The largest absolute Gasteiger partial charge is 0.424 e. The van der Waals surface area contributed by atoms with Gasteiger partial charge in [0, 0.05) is 24.1 Å². The van der Waals surface area contributed by atoms with Crippen LogP contribution in [-0.2, 0) is 17.8 Å². The summed E-state index contributed by atoms with van der Waals surface area (Å²) in [4.78, 5) is 22.0. The van der Waals surface area contributed by atoms with Gasteiger partial charge in [-0.15, -0.1) is 0 Å². The van der Waals surface area contributed by atoms with Gasteiger partial charge in [-0.25, -0.2) is 9.97 Å². The molecule has 0 amide bonds. The number of para-hydroxylation sites is 2. The minimum absolute atomic E-state index is 0.282. The molecular weight excluding hydrogens is 412 g/mol. The Morgan fingerprint density at radius 2 is 1.81 bits per heavy atom. The zero-order valence-electron chi connectivity index (χ0n) is 17.3. The topological polar surface area (TPSA) is 61.4 Å². The molecule has 0 fully saturated rings. The average molecular weight is 433 g/mol. The SMILES string of the molecule is CCC(=O)Oc1cn(Cc2ccccc2Cl)c2nc(CC)n3c4ccccc4nc3c12. The Balaban J connectivity index is 1.83. The molecule has 7 heteroatoms. The lowest BCUT2D eigenvalue weighted by Crippen LogP contribution is -2.06. The van der Waals surface area contributed by atoms with Crippen molar-refractivity contribution in [2.45, 2.75) is 33.2 Å². The van der Waals surface area contributed by atoms with Gasteiger partial charge in [-0.2, -0.15) is 0 Å². The smallest absolute Gasteiger partial charge is 0.310 e. The summed E-state index contributed by atoms with van der Waals surface area (Å²) in [7, 11) is 0. The number of aromatic nitrogens is 4. The van der Waals surface area contributed by atoms with E-state index in [1.807, 2.05) is 59.3 Å². The fourth-order valence-corrected chi connectivity index (χ4v) is 4.11. The van der Waals surface area contributed by atoms with Crippen molar-refractivity contribution in [1.29, 1.82) is 0 Å². The van der Waals surface area contributed by atoms with Crippen molar-refractivity contribution in [2.24, 2.45) is 0 Å². The molecule has 0 aliphatic carbocycles. The van der Waals surface area contributed by atoms with Gasteiger partial charge in [0.1, 0.15) is 16.9 Å². The summed E-state index contributed by atoms with van der Waals surface area (Å²) in [5.74, 6) is 1.05. The highest BCUT2D eigenvalue weighted by atomic mass is 35.5. The molecule has 0 N–H and O–H groups in total. The van der Waals surface area contributed by atoms with Crippen LogP contribution in [0, 0.1) is 0 Å². The maximum Gasteiger partial charge on any atom is 0.310 e. The lowest BCUT2D eigenvalue weighted by atomic mass is 10.2.